The Kier molecular flexibility index (Phi) is 8.21. The molecule has 36 heavy (non-hydrogen) atoms. The van der Waals surface area contributed by atoms with Crippen molar-refractivity contribution in [2.24, 2.45) is 11.8 Å². The molecule has 0 bridgehead atoms. The molecule has 1 saturated carbocycles. The molecule has 2 aromatic heterocycles. The lowest BCUT2D eigenvalue weighted by Gasteiger charge is -2.37. The summed E-state index contributed by atoms with van der Waals surface area (Å²) >= 11 is 0. The van der Waals surface area contributed by atoms with E-state index >= 15 is 0 Å². The van der Waals surface area contributed by atoms with Crippen LogP contribution in [0.4, 0.5) is 0 Å². The molecular formula is C28H34N4O4. The summed E-state index contributed by atoms with van der Waals surface area (Å²) in [4.78, 5) is 38.2. The van der Waals surface area contributed by atoms with Gasteiger partial charge in [0.2, 0.25) is 5.88 Å². The molecule has 3 atom stereocenters. The molecule has 1 aliphatic carbocycles. The molecule has 4 rings (SSSR count). The molecule has 0 aromatic carbocycles. The van der Waals surface area contributed by atoms with Crippen molar-refractivity contribution in [2.75, 3.05) is 26.7 Å². The minimum Gasteiger partial charge on any atom is -0.472 e. The normalized spacial score (nSPS) is 20.9. The second-order valence-corrected chi connectivity index (χ2v) is 9.87. The largest absolute Gasteiger partial charge is 0.472 e. The van der Waals surface area contributed by atoms with Gasteiger partial charge in [0.15, 0.2) is 0 Å². The quantitative estimate of drug-likeness (QED) is 0.648. The summed E-state index contributed by atoms with van der Waals surface area (Å²) in [7, 11) is 1.73. The summed E-state index contributed by atoms with van der Waals surface area (Å²) in [6.45, 7) is 4.32. The van der Waals surface area contributed by atoms with E-state index < -0.39 is 6.10 Å². The molecule has 0 saturated heterocycles. The second kappa shape index (κ2) is 11.5. The number of carbonyl (C=O) groups excluding carboxylic acids is 2. The van der Waals surface area contributed by atoms with Gasteiger partial charge in [-0.1, -0.05) is 31.6 Å². The highest BCUT2D eigenvalue weighted by atomic mass is 16.5. The number of nitrogens with zero attached hydrogens (tertiary/aromatic N) is 4. The second-order valence-electron chi connectivity index (χ2n) is 9.87. The average molecular weight is 491 g/mol. The zero-order chi connectivity index (χ0) is 25.7. The Morgan fingerprint density at radius 1 is 1.31 bits per heavy atom. The summed E-state index contributed by atoms with van der Waals surface area (Å²) in [5.41, 5.74) is 1.54. The molecule has 8 nitrogen and oxygen atoms in total. The number of likely N-dealkylation sites (N-methyl/N-ethyl adjacent to an activating group) is 1. The van der Waals surface area contributed by atoms with Gasteiger partial charge in [0.05, 0.1) is 19.2 Å². The molecule has 2 aromatic rings. The molecule has 1 fully saturated rings. The van der Waals surface area contributed by atoms with Crippen molar-refractivity contribution in [3.63, 3.8) is 0 Å². The SMILES string of the molecule is C[C@H](CO)N1C[C@H](C)[C@@H](CN(C)C(=O)c2ccncc2)Oc2ncc(C#CC3CCCC3)cc2C1=O. The van der Waals surface area contributed by atoms with Crippen molar-refractivity contribution in [3.05, 3.63) is 53.5 Å². The first kappa shape index (κ1) is 25.6. The molecular weight excluding hydrogens is 456 g/mol. The van der Waals surface area contributed by atoms with Crippen LogP contribution in [0.5, 0.6) is 5.88 Å². The van der Waals surface area contributed by atoms with Crippen molar-refractivity contribution < 1.29 is 19.4 Å². The van der Waals surface area contributed by atoms with E-state index in [-0.39, 0.29) is 36.3 Å². The van der Waals surface area contributed by atoms with E-state index in [4.69, 9.17) is 4.74 Å². The van der Waals surface area contributed by atoms with E-state index in [1.54, 1.807) is 53.6 Å². The van der Waals surface area contributed by atoms with Crippen LogP contribution in [0.25, 0.3) is 0 Å². The Bertz CT molecular complexity index is 1140. The lowest BCUT2D eigenvalue weighted by molar-refractivity contribution is 0.0313. The van der Waals surface area contributed by atoms with Crippen molar-refractivity contribution in [3.8, 4) is 17.7 Å². The van der Waals surface area contributed by atoms with Gasteiger partial charge >= 0.3 is 0 Å². The number of carbonyl (C=O) groups is 2. The van der Waals surface area contributed by atoms with Gasteiger partial charge in [0.25, 0.3) is 11.8 Å². The molecule has 8 heteroatoms. The average Bonchev–Trinajstić information content (AvgIpc) is 3.43. The fourth-order valence-corrected chi connectivity index (χ4v) is 4.71. The Morgan fingerprint density at radius 2 is 2.03 bits per heavy atom. The third-order valence-corrected chi connectivity index (χ3v) is 7.02. The number of pyridine rings is 2. The lowest BCUT2D eigenvalue weighted by Crippen LogP contribution is -2.50. The summed E-state index contributed by atoms with van der Waals surface area (Å²) < 4.78 is 6.30. The Labute approximate surface area is 212 Å². The Hall–Kier alpha value is -3.44. The first-order chi connectivity index (χ1) is 17.4. The zero-order valence-electron chi connectivity index (χ0n) is 21.2. The smallest absolute Gasteiger partial charge is 0.259 e. The van der Waals surface area contributed by atoms with Gasteiger partial charge < -0.3 is 19.6 Å². The predicted octanol–water partition coefficient (Wildman–Crippen LogP) is 3.01. The standard InChI is InChI=1S/C28H34N4O4/c1-19-16-32(20(2)18-33)28(35)24-14-22(9-8-21-6-4-5-7-21)15-30-26(24)36-25(19)17-31(3)27(34)23-10-12-29-13-11-23/h10-15,19-21,25,33H,4-7,16-18H2,1-3H3/t19-,20+,25+/m0/s1. The maximum atomic E-state index is 13.5. The number of aliphatic hydroxyl groups excluding tert-OH is 1. The van der Waals surface area contributed by atoms with Crippen LogP contribution >= 0.6 is 0 Å². The summed E-state index contributed by atoms with van der Waals surface area (Å²) in [5, 5.41) is 9.85. The predicted molar refractivity (Wildman–Crippen MR) is 135 cm³/mol. The van der Waals surface area contributed by atoms with Gasteiger partial charge in [-0.25, -0.2) is 4.98 Å². The third-order valence-electron chi connectivity index (χ3n) is 7.02. The zero-order valence-corrected chi connectivity index (χ0v) is 21.2. The first-order valence-corrected chi connectivity index (χ1v) is 12.6. The highest BCUT2D eigenvalue weighted by Gasteiger charge is 2.34. The maximum absolute atomic E-state index is 13.5. The van der Waals surface area contributed by atoms with Crippen molar-refractivity contribution in [2.45, 2.75) is 51.7 Å². The fourth-order valence-electron chi connectivity index (χ4n) is 4.71. The van der Waals surface area contributed by atoms with Crippen molar-refractivity contribution in [1.82, 2.24) is 19.8 Å². The number of amides is 2. The van der Waals surface area contributed by atoms with Crippen LogP contribution in [-0.2, 0) is 0 Å². The third kappa shape index (κ3) is 5.85. The fraction of sp³-hybridized carbons (Fsp3) is 0.500. The number of ether oxygens (including phenoxy) is 1. The van der Waals surface area contributed by atoms with Crippen LogP contribution in [0.2, 0.25) is 0 Å². The number of fused-ring (bicyclic) bond motifs is 1. The summed E-state index contributed by atoms with van der Waals surface area (Å²) in [6, 6.07) is 4.71. The molecule has 1 N–H and O–H groups in total. The van der Waals surface area contributed by atoms with Crippen LogP contribution in [0.15, 0.2) is 36.8 Å². The van der Waals surface area contributed by atoms with Gasteiger partial charge in [0, 0.05) is 55.1 Å². The van der Waals surface area contributed by atoms with E-state index in [0.717, 1.165) is 12.8 Å². The van der Waals surface area contributed by atoms with Gasteiger partial charge in [-0.05, 0) is 38.0 Å². The Morgan fingerprint density at radius 3 is 2.72 bits per heavy atom. The molecule has 0 radical (unpaired) electrons. The highest BCUT2D eigenvalue weighted by Crippen LogP contribution is 2.28. The van der Waals surface area contributed by atoms with E-state index in [2.05, 4.69) is 21.8 Å². The van der Waals surface area contributed by atoms with E-state index in [1.165, 1.54) is 12.8 Å². The van der Waals surface area contributed by atoms with Gasteiger partial charge in [0.1, 0.15) is 11.7 Å². The van der Waals surface area contributed by atoms with Crippen molar-refractivity contribution >= 4 is 11.8 Å². The minimum atomic E-state index is -0.413. The van der Waals surface area contributed by atoms with Crippen LogP contribution < -0.4 is 4.74 Å². The first-order valence-electron chi connectivity index (χ1n) is 12.6. The number of hydrogen-bond donors (Lipinski definition) is 1. The summed E-state index contributed by atoms with van der Waals surface area (Å²) in [5.74, 6) is 6.63. The molecule has 0 unspecified atom stereocenters. The van der Waals surface area contributed by atoms with Crippen LogP contribution in [0, 0.1) is 23.7 Å². The molecule has 1 aliphatic heterocycles. The van der Waals surface area contributed by atoms with Crippen LogP contribution in [-0.4, -0.2) is 75.6 Å². The van der Waals surface area contributed by atoms with Crippen molar-refractivity contribution in [1.29, 1.82) is 0 Å². The summed E-state index contributed by atoms with van der Waals surface area (Å²) in [6.07, 6.45) is 9.04. The highest BCUT2D eigenvalue weighted by molar-refractivity contribution is 5.97. The lowest BCUT2D eigenvalue weighted by atomic mass is 9.99. The monoisotopic (exact) mass is 490 g/mol. The minimum absolute atomic E-state index is 0.118. The molecule has 2 amide bonds. The van der Waals surface area contributed by atoms with E-state index in [1.807, 2.05) is 13.8 Å². The van der Waals surface area contributed by atoms with Gasteiger partial charge in [-0.3, -0.25) is 14.6 Å². The topological polar surface area (TPSA) is 95.9 Å². The number of rotatable bonds is 5. The molecule has 3 heterocycles. The molecule has 2 aliphatic rings. The Balaban J connectivity index is 1.62. The van der Waals surface area contributed by atoms with E-state index in [9.17, 15) is 14.7 Å². The maximum Gasteiger partial charge on any atom is 0.259 e. The van der Waals surface area contributed by atoms with Gasteiger partial charge in [-0.15, -0.1) is 0 Å². The molecule has 190 valence electrons. The van der Waals surface area contributed by atoms with Crippen LogP contribution in [0.1, 0.15) is 65.8 Å². The number of aliphatic hydroxyl groups is 1. The van der Waals surface area contributed by atoms with E-state index in [0.29, 0.717) is 35.7 Å². The van der Waals surface area contributed by atoms with Gasteiger partial charge in [-0.2, -0.15) is 0 Å². The number of aromatic nitrogens is 2. The van der Waals surface area contributed by atoms with Crippen LogP contribution in [0.3, 0.4) is 0 Å². The number of hydrogen-bond acceptors (Lipinski definition) is 6. The molecule has 0 spiro atoms.